The minimum Gasteiger partial charge on any atom is -0.354 e. The van der Waals surface area contributed by atoms with E-state index < -0.39 is 12.1 Å². The predicted octanol–water partition coefficient (Wildman–Crippen LogP) is 1.42. The molecule has 0 radical (unpaired) electrons. The van der Waals surface area contributed by atoms with E-state index in [0.29, 0.717) is 24.9 Å². The molecular weight excluding hydrogens is 342 g/mol. The van der Waals surface area contributed by atoms with Crippen LogP contribution in [0.15, 0.2) is 60.7 Å². The summed E-state index contributed by atoms with van der Waals surface area (Å²) in [6, 6.07) is 16.9. The quantitative estimate of drug-likeness (QED) is 0.724. The summed E-state index contributed by atoms with van der Waals surface area (Å²) in [6.07, 6.45) is 1.76. The standard InChI is InChI=1S/C21H23N3O3/c25-19(16-10-5-2-6-11-16)24-18(14-15-8-3-1-4-9-15)21(27)23-17-12-7-13-22-20(17)26/h1-6,8-11,17-18H,7,12-14H2,(H,22,26)(H,23,27)(H,24,25)/t17-,18+/m1/s1. The van der Waals surface area contributed by atoms with Gasteiger partial charge in [0.15, 0.2) is 0 Å². The van der Waals surface area contributed by atoms with Crippen LogP contribution in [0.4, 0.5) is 0 Å². The van der Waals surface area contributed by atoms with E-state index in [2.05, 4.69) is 16.0 Å². The van der Waals surface area contributed by atoms with Crippen LogP contribution in [-0.2, 0) is 16.0 Å². The lowest BCUT2D eigenvalue weighted by Crippen LogP contribution is -2.56. The minimum atomic E-state index is -0.769. The van der Waals surface area contributed by atoms with Gasteiger partial charge in [0.25, 0.3) is 5.91 Å². The lowest BCUT2D eigenvalue weighted by atomic mass is 10.0. The summed E-state index contributed by atoms with van der Waals surface area (Å²) in [7, 11) is 0. The Bertz CT molecular complexity index is 793. The van der Waals surface area contributed by atoms with Crippen LogP contribution in [0.3, 0.4) is 0 Å². The van der Waals surface area contributed by atoms with Crippen LogP contribution < -0.4 is 16.0 Å². The molecule has 0 saturated carbocycles. The molecule has 1 aliphatic heterocycles. The van der Waals surface area contributed by atoms with E-state index in [1.165, 1.54) is 0 Å². The number of piperidine rings is 1. The summed E-state index contributed by atoms with van der Waals surface area (Å²) in [5.41, 5.74) is 1.41. The Balaban J connectivity index is 1.73. The van der Waals surface area contributed by atoms with Crippen molar-refractivity contribution in [2.75, 3.05) is 6.54 Å². The second-order valence-electron chi connectivity index (χ2n) is 6.58. The van der Waals surface area contributed by atoms with Crippen molar-refractivity contribution in [1.82, 2.24) is 16.0 Å². The number of hydrogen-bond acceptors (Lipinski definition) is 3. The molecule has 3 amide bonds. The zero-order chi connectivity index (χ0) is 19.1. The topological polar surface area (TPSA) is 87.3 Å². The molecule has 0 spiro atoms. The van der Waals surface area contributed by atoms with Crippen LogP contribution in [0.2, 0.25) is 0 Å². The van der Waals surface area contributed by atoms with Crippen LogP contribution in [-0.4, -0.2) is 36.3 Å². The molecule has 0 unspecified atom stereocenters. The first kappa shape index (κ1) is 18.6. The predicted molar refractivity (Wildman–Crippen MR) is 102 cm³/mol. The normalized spacial score (nSPS) is 17.5. The molecular formula is C21H23N3O3. The van der Waals surface area contributed by atoms with Gasteiger partial charge in [-0.2, -0.15) is 0 Å². The van der Waals surface area contributed by atoms with E-state index in [4.69, 9.17) is 0 Å². The maximum Gasteiger partial charge on any atom is 0.251 e. The highest BCUT2D eigenvalue weighted by atomic mass is 16.2. The van der Waals surface area contributed by atoms with E-state index in [1.54, 1.807) is 24.3 Å². The smallest absolute Gasteiger partial charge is 0.251 e. The summed E-state index contributed by atoms with van der Waals surface area (Å²) in [6.45, 7) is 0.628. The number of amides is 3. The average molecular weight is 365 g/mol. The maximum absolute atomic E-state index is 12.8. The molecule has 1 saturated heterocycles. The average Bonchev–Trinajstić information content (AvgIpc) is 2.70. The first-order valence-electron chi connectivity index (χ1n) is 9.11. The van der Waals surface area contributed by atoms with Crippen molar-refractivity contribution in [3.05, 3.63) is 71.8 Å². The van der Waals surface area contributed by atoms with Gasteiger partial charge in [-0.1, -0.05) is 48.5 Å². The first-order chi connectivity index (χ1) is 13.1. The number of carbonyl (C=O) groups excluding carboxylic acids is 3. The summed E-state index contributed by atoms with van der Waals surface area (Å²) >= 11 is 0. The zero-order valence-corrected chi connectivity index (χ0v) is 15.0. The fraction of sp³-hybridized carbons (Fsp3) is 0.286. The van der Waals surface area contributed by atoms with Crippen molar-refractivity contribution in [2.45, 2.75) is 31.3 Å². The Labute approximate surface area is 158 Å². The van der Waals surface area contributed by atoms with E-state index in [0.717, 1.165) is 12.0 Å². The van der Waals surface area contributed by atoms with Gasteiger partial charge in [-0.3, -0.25) is 14.4 Å². The van der Waals surface area contributed by atoms with Gasteiger partial charge < -0.3 is 16.0 Å². The third-order valence-corrected chi connectivity index (χ3v) is 4.54. The Morgan fingerprint density at radius 3 is 2.37 bits per heavy atom. The second kappa shape index (κ2) is 8.98. The molecule has 2 atom stereocenters. The number of nitrogens with one attached hydrogen (secondary N) is 3. The summed E-state index contributed by atoms with van der Waals surface area (Å²) in [5.74, 6) is -0.854. The molecule has 0 bridgehead atoms. The van der Waals surface area contributed by atoms with Gasteiger partial charge >= 0.3 is 0 Å². The Morgan fingerprint density at radius 2 is 1.70 bits per heavy atom. The molecule has 140 valence electrons. The van der Waals surface area contributed by atoms with Crippen LogP contribution >= 0.6 is 0 Å². The number of rotatable bonds is 6. The molecule has 3 N–H and O–H groups in total. The molecule has 1 aliphatic rings. The van der Waals surface area contributed by atoms with Gasteiger partial charge in [0, 0.05) is 18.5 Å². The summed E-state index contributed by atoms with van der Waals surface area (Å²) in [4.78, 5) is 37.3. The van der Waals surface area contributed by atoms with Gasteiger partial charge in [-0.05, 0) is 30.5 Å². The molecule has 0 aliphatic carbocycles. The number of benzene rings is 2. The second-order valence-corrected chi connectivity index (χ2v) is 6.58. The molecule has 1 fully saturated rings. The molecule has 1 heterocycles. The van der Waals surface area contributed by atoms with Crippen LogP contribution in [0, 0.1) is 0 Å². The largest absolute Gasteiger partial charge is 0.354 e. The van der Waals surface area contributed by atoms with Crippen molar-refractivity contribution in [3.63, 3.8) is 0 Å². The van der Waals surface area contributed by atoms with Gasteiger partial charge in [-0.25, -0.2) is 0 Å². The number of hydrogen-bond donors (Lipinski definition) is 3. The number of carbonyl (C=O) groups is 3. The van der Waals surface area contributed by atoms with Gasteiger partial charge in [0.1, 0.15) is 12.1 Å². The van der Waals surface area contributed by atoms with E-state index in [9.17, 15) is 14.4 Å². The molecule has 3 rings (SSSR count). The highest BCUT2D eigenvalue weighted by molar-refractivity contribution is 5.98. The van der Waals surface area contributed by atoms with Crippen molar-refractivity contribution in [1.29, 1.82) is 0 Å². The molecule has 27 heavy (non-hydrogen) atoms. The lowest BCUT2D eigenvalue weighted by molar-refractivity contribution is -0.130. The highest BCUT2D eigenvalue weighted by Crippen LogP contribution is 2.08. The minimum absolute atomic E-state index is 0.178. The third-order valence-electron chi connectivity index (χ3n) is 4.54. The van der Waals surface area contributed by atoms with Crippen molar-refractivity contribution in [3.8, 4) is 0 Å². The Hall–Kier alpha value is -3.15. The Kier molecular flexibility index (Phi) is 6.20. The zero-order valence-electron chi connectivity index (χ0n) is 15.0. The first-order valence-corrected chi connectivity index (χ1v) is 9.11. The Morgan fingerprint density at radius 1 is 1.04 bits per heavy atom. The third kappa shape index (κ3) is 5.17. The SMILES string of the molecule is O=C(N[C@@H](Cc1ccccc1)C(=O)N[C@@H]1CCCNC1=O)c1ccccc1. The van der Waals surface area contributed by atoms with E-state index in [1.807, 2.05) is 36.4 Å². The summed E-state index contributed by atoms with van der Waals surface area (Å²) in [5, 5.41) is 8.34. The fourth-order valence-corrected chi connectivity index (χ4v) is 3.07. The molecule has 0 aromatic heterocycles. The van der Waals surface area contributed by atoms with Gasteiger partial charge in [0.2, 0.25) is 11.8 Å². The van der Waals surface area contributed by atoms with Crippen molar-refractivity contribution < 1.29 is 14.4 Å². The van der Waals surface area contributed by atoms with Gasteiger partial charge in [0.05, 0.1) is 0 Å². The molecule has 2 aromatic carbocycles. The molecule has 2 aromatic rings. The summed E-state index contributed by atoms with van der Waals surface area (Å²) < 4.78 is 0. The van der Waals surface area contributed by atoms with Crippen LogP contribution in [0.1, 0.15) is 28.8 Å². The lowest BCUT2D eigenvalue weighted by Gasteiger charge is -2.26. The van der Waals surface area contributed by atoms with Crippen molar-refractivity contribution >= 4 is 17.7 Å². The van der Waals surface area contributed by atoms with Crippen LogP contribution in [0.25, 0.3) is 0 Å². The van der Waals surface area contributed by atoms with Gasteiger partial charge in [-0.15, -0.1) is 0 Å². The monoisotopic (exact) mass is 365 g/mol. The molecule has 6 nitrogen and oxygen atoms in total. The van der Waals surface area contributed by atoms with E-state index >= 15 is 0 Å². The van der Waals surface area contributed by atoms with E-state index in [-0.39, 0.29) is 17.7 Å². The molecule has 6 heteroatoms. The van der Waals surface area contributed by atoms with Crippen LogP contribution in [0.5, 0.6) is 0 Å². The van der Waals surface area contributed by atoms with Crippen molar-refractivity contribution in [2.24, 2.45) is 0 Å². The fourth-order valence-electron chi connectivity index (χ4n) is 3.07. The maximum atomic E-state index is 12.8. The highest BCUT2D eigenvalue weighted by Gasteiger charge is 2.28.